The molecule has 2 saturated heterocycles. The number of fused-ring (bicyclic) bond motifs is 1. The number of carbonyl (C=O) groups is 1. The molecular weight excluding hydrogens is 514 g/mol. The van der Waals surface area contributed by atoms with E-state index < -0.39 is 15.9 Å². The third-order valence-electron chi connectivity index (χ3n) is 8.59. The van der Waals surface area contributed by atoms with Crippen molar-refractivity contribution in [3.05, 3.63) is 53.1 Å². The van der Waals surface area contributed by atoms with Crippen LogP contribution in [0, 0.1) is 11.8 Å². The van der Waals surface area contributed by atoms with Gasteiger partial charge in [0.05, 0.1) is 25.5 Å². The smallest absolute Gasteiger partial charge is 0.255 e. The van der Waals surface area contributed by atoms with Gasteiger partial charge in [0, 0.05) is 37.1 Å². The molecule has 2 aromatic rings. The predicted molar refractivity (Wildman–Crippen MR) is 153 cm³/mol. The van der Waals surface area contributed by atoms with E-state index in [4.69, 9.17) is 9.47 Å². The molecule has 0 aliphatic carbocycles. The Morgan fingerprint density at radius 3 is 2.38 bits per heavy atom. The molecule has 8 nitrogen and oxygen atoms in total. The summed E-state index contributed by atoms with van der Waals surface area (Å²) in [5, 5.41) is 3.48. The first-order valence-corrected chi connectivity index (χ1v) is 16.2. The van der Waals surface area contributed by atoms with Gasteiger partial charge < -0.3 is 24.6 Å². The van der Waals surface area contributed by atoms with Gasteiger partial charge in [-0.25, -0.2) is 8.42 Å². The molecular formula is C30H41N3O5S. The number of benzene rings is 2. The van der Waals surface area contributed by atoms with Crippen molar-refractivity contribution in [1.29, 1.82) is 0 Å². The van der Waals surface area contributed by atoms with Crippen molar-refractivity contribution in [2.75, 3.05) is 56.8 Å². The summed E-state index contributed by atoms with van der Waals surface area (Å²) in [5.41, 5.74) is 3.47. The highest BCUT2D eigenvalue weighted by Gasteiger charge is 2.36. The maximum absolute atomic E-state index is 13.6. The largest absolute Gasteiger partial charge is 0.493 e. The van der Waals surface area contributed by atoms with Crippen LogP contribution >= 0.6 is 0 Å². The molecule has 2 fully saturated rings. The molecule has 0 radical (unpaired) electrons. The zero-order chi connectivity index (χ0) is 27.6. The van der Waals surface area contributed by atoms with Crippen molar-refractivity contribution in [3.63, 3.8) is 0 Å². The Morgan fingerprint density at radius 2 is 1.72 bits per heavy atom. The Balaban J connectivity index is 1.35. The van der Waals surface area contributed by atoms with Gasteiger partial charge in [0.2, 0.25) is 0 Å². The average molecular weight is 556 g/mol. The van der Waals surface area contributed by atoms with Crippen LogP contribution in [0.15, 0.2) is 36.4 Å². The van der Waals surface area contributed by atoms with Crippen LogP contribution in [0.2, 0.25) is 0 Å². The molecule has 1 amide bonds. The third-order valence-corrected chi connectivity index (χ3v) is 9.51. The first-order valence-electron chi connectivity index (χ1n) is 14.2. The predicted octanol–water partition coefficient (Wildman–Crippen LogP) is 4.05. The van der Waals surface area contributed by atoms with Crippen molar-refractivity contribution < 1.29 is 22.7 Å². The van der Waals surface area contributed by atoms with Crippen LogP contribution in [-0.2, 0) is 16.4 Å². The van der Waals surface area contributed by atoms with Crippen molar-refractivity contribution in [3.8, 4) is 11.5 Å². The fourth-order valence-corrected chi connectivity index (χ4v) is 7.49. The number of nitrogens with zero attached hydrogens (tertiary/aromatic N) is 2. The van der Waals surface area contributed by atoms with Gasteiger partial charge in [-0.1, -0.05) is 6.07 Å². The van der Waals surface area contributed by atoms with E-state index in [-0.39, 0.29) is 11.7 Å². The van der Waals surface area contributed by atoms with Crippen molar-refractivity contribution in [2.24, 2.45) is 11.8 Å². The molecule has 0 bridgehead atoms. The van der Waals surface area contributed by atoms with Crippen molar-refractivity contribution in [1.82, 2.24) is 10.2 Å². The molecule has 3 aliphatic rings. The number of hydrogen-bond donors (Lipinski definition) is 1. The molecule has 3 aliphatic heterocycles. The molecule has 1 unspecified atom stereocenters. The summed E-state index contributed by atoms with van der Waals surface area (Å²) in [6, 6.07) is 10.9. The van der Waals surface area contributed by atoms with E-state index in [2.05, 4.69) is 22.3 Å². The van der Waals surface area contributed by atoms with Crippen LogP contribution in [0.4, 0.5) is 5.69 Å². The first-order chi connectivity index (χ1) is 18.8. The summed E-state index contributed by atoms with van der Waals surface area (Å²) in [5.74, 6) is 2.45. The number of piperidine rings is 2. The normalized spacial score (nSPS) is 19.7. The van der Waals surface area contributed by atoms with Gasteiger partial charge in [-0.3, -0.25) is 4.79 Å². The Hall–Kier alpha value is -2.78. The van der Waals surface area contributed by atoms with Gasteiger partial charge >= 0.3 is 0 Å². The Morgan fingerprint density at radius 1 is 1.00 bits per heavy atom. The molecule has 5 rings (SSSR count). The summed E-state index contributed by atoms with van der Waals surface area (Å²) in [6.45, 7) is 7.07. The number of anilines is 1. The number of amides is 1. The minimum atomic E-state index is -3.38. The lowest BCUT2D eigenvalue weighted by Crippen LogP contribution is -2.39. The number of sulfone groups is 1. The van der Waals surface area contributed by atoms with E-state index in [0.717, 1.165) is 49.3 Å². The standard InChI is InChI=1S/C30H41N3O5S/c1-4-38-29-18-23(5-8-28(29)37-2)27(20-39(3,35)36)33-19-24-17-25(6-7-26(24)30(33)34)32-15-11-22(12-16-32)21-9-13-31-14-10-21/h5-8,17-18,21-22,27,31H,4,9-16,19-20H2,1-3H3. The second kappa shape index (κ2) is 11.8. The highest BCUT2D eigenvalue weighted by Crippen LogP contribution is 2.38. The zero-order valence-electron chi connectivity index (χ0n) is 23.3. The summed E-state index contributed by atoms with van der Waals surface area (Å²) >= 11 is 0. The second-order valence-corrected chi connectivity index (χ2v) is 13.3. The van der Waals surface area contributed by atoms with E-state index in [1.54, 1.807) is 24.1 Å². The van der Waals surface area contributed by atoms with Crippen LogP contribution in [0.3, 0.4) is 0 Å². The molecule has 0 aromatic heterocycles. The van der Waals surface area contributed by atoms with Crippen molar-refractivity contribution in [2.45, 2.75) is 45.2 Å². The van der Waals surface area contributed by atoms with Crippen molar-refractivity contribution >= 4 is 21.4 Å². The Labute approximate surface area is 232 Å². The molecule has 9 heteroatoms. The van der Waals surface area contributed by atoms with Gasteiger partial charge in [0.25, 0.3) is 5.91 Å². The van der Waals surface area contributed by atoms with E-state index in [1.807, 2.05) is 19.1 Å². The Kier molecular flexibility index (Phi) is 8.38. The number of carbonyl (C=O) groups excluding carboxylic acids is 1. The molecule has 2 aromatic carbocycles. The molecule has 0 saturated carbocycles. The monoisotopic (exact) mass is 555 g/mol. The van der Waals surface area contributed by atoms with E-state index >= 15 is 0 Å². The fourth-order valence-electron chi connectivity index (χ4n) is 6.54. The maximum Gasteiger partial charge on any atom is 0.255 e. The first kappa shape index (κ1) is 27.8. The van der Waals surface area contributed by atoms with E-state index in [9.17, 15) is 13.2 Å². The fraction of sp³-hybridized carbons (Fsp3) is 0.567. The maximum atomic E-state index is 13.6. The number of ether oxygens (including phenoxy) is 2. The topological polar surface area (TPSA) is 88.2 Å². The minimum Gasteiger partial charge on any atom is -0.493 e. The molecule has 0 spiro atoms. The summed E-state index contributed by atoms with van der Waals surface area (Å²) < 4.78 is 36.1. The minimum absolute atomic E-state index is 0.136. The highest BCUT2D eigenvalue weighted by atomic mass is 32.2. The third kappa shape index (κ3) is 6.19. The number of methoxy groups -OCH3 is 1. The Bertz CT molecular complexity index is 1280. The number of hydrogen-bond acceptors (Lipinski definition) is 7. The lowest BCUT2D eigenvalue weighted by atomic mass is 9.79. The molecule has 39 heavy (non-hydrogen) atoms. The van der Waals surface area contributed by atoms with Crippen LogP contribution in [-0.4, -0.2) is 71.1 Å². The summed E-state index contributed by atoms with van der Waals surface area (Å²) in [6.07, 6.45) is 6.21. The molecule has 1 atom stereocenters. The van der Waals surface area contributed by atoms with E-state index in [0.29, 0.717) is 35.8 Å². The number of nitrogens with one attached hydrogen (secondary N) is 1. The van der Waals surface area contributed by atoms with Crippen LogP contribution in [0.1, 0.15) is 60.1 Å². The summed E-state index contributed by atoms with van der Waals surface area (Å²) in [4.78, 5) is 17.7. The van der Waals surface area contributed by atoms with Crippen LogP contribution in [0.5, 0.6) is 11.5 Å². The average Bonchev–Trinajstić information content (AvgIpc) is 3.27. The quantitative estimate of drug-likeness (QED) is 0.499. The van der Waals surface area contributed by atoms with E-state index in [1.165, 1.54) is 31.9 Å². The highest BCUT2D eigenvalue weighted by molar-refractivity contribution is 7.90. The van der Waals surface area contributed by atoms with Crippen LogP contribution in [0.25, 0.3) is 0 Å². The zero-order valence-corrected chi connectivity index (χ0v) is 24.1. The molecule has 212 valence electrons. The van der Waals surface area contributed by atoms with Gasteiger partial charge in [0.15, 0.2) is 11.5 Å². The summed E-state index contributed by atoms with van der Waals surface area (Å²) in [7, 11) is -1.81. The van der Waals surface area contributed by atoms with Gasteiger partial charge in [-0.2, -0.15) is 0 Å². The van der Waals surface area contributed by atoms with Gasteiger partial charge in [0.1, 0.15) is 9.84 Å². The molecule has 1 N–H and O–H groups in total. The van der Waals surface area contributed by atoms with Crippen LogP contribution < -0.4 is 19.7 Å². The number of rotatable bonds is 9. The molecule has 3 heterocycles. The van der Waals surface area contributed by atoms with Gasteiger partial charge in [-0.05, 0) is 99.0 Å². The SMILES string of the molecule is CCOc1cc(C(CS(C)(=O)=O)N2Cc3cc(N4CCC(C5CCNCC5)CC4)ccc3C2=O)ccc1OC. The lowest BCUT2D eigenvalue weighted by molar-refractivity contribution is 0.0718. The van der Waals surface area contributed by atoms with Gasteiger partial charge in [-0.15, -0.1) is 0 Å². The second-order valence-electron chi connectivity index (χ2n) is 11.1. The lowest BCUT2D eigenvalue weighted by Gasteiger charge is -2.38.